The van der Waals surface area contributed by atoms with Gasteiger partial charge in [0.25, 0.3) is 0 Å². The number of urea groups is 1. The third-order valence-electron chi connectivity index (χ3n) is 2.02. The Balaban J connectivity index is 4.21. The first-order valence-electron chi connectivity index (χ1n) is 4.97. The average Bonchev–Trinajstić information content (AvgIpc) is 2.21. The monoisotopic (exact) mass is 248 g/mol. The van der Waals surface area contributed by atoms with Crippen molar-refractivity contribution < 1.29 is 14.7 Å². The number of hydrogen-bond acceptors (Lipinski definition) is 2. The summed E-state index contributed by atoms with van der Waals surface area (Å²) in [5.41, 5.74) is 0. The van der Waals surface area contributed by atoms with Gasteiger partial charge in [0.2, 0.25) is 0 Å². The maximum atomic E-state index is 11.6. The van der Waals surface area contributed by atoms with Gasteiger partial charge in [-0.15, -0.1) is 0 Å². The number of nitrogens with zero attached hydrogens (tertiary/aromatic N) is 1. The van der Waals surface area contributed by atoms with Gasteiger partial charge in [0, 0.05) is 18.1 Å². The Morgan fingerprint density at radius 3 is 2.50 bits per heavy atom. The van der Waals surface area contributed by atoms with Crippen LogP contribution in [0.1, 0.15) is 13.8 Å². The summed E-state index contributed by atoms with van der Waals surface area (Å²) in [7, 11) is 0. The van der Waals surface area contributed by atoms with Crippen molar-refractivity contribution in [3.63, 3.8) is 0 Å². The fraction of sp³-hybridized carbons (Fsp3) is 0.600. The van der Waals surface area contributed by atoms with Gasteiger partial charge in [-0.3, -0.25) is 4.79 Å². The number of hydrogen-bond donors (Lipinski definition) is 2. The summed E-state index contributed by atoms with van der Waals surface area (Å²) in [5, 5.41) is 11.6. The quantitative estimate of drug-likeness (QED) is 0.748. The lowest BCUT2D eigenvalue weighted by molar-refractivity contribution is -0.141. The van der Waals surface area contributed by atoms with E-state index < -0.39 is 11.9 Å². The molecule has 1 unspecified atom stereocenters. The van der Waals surface area contributed by atoms with Crippen LogP contribution in [0.2, 0.25) is 0 Å². The summed E-state index contributed by atoms with van der Waals surface area (Å²) in [4.78, 5) is 23.6. The van der Waals surface area contributed by atoms with Crippen LogP contribution < -0.4 is 5.32 Å². The van der Waals surface area contributed by atoms with E-state index in [4.69, 9.17) is 16.7 Å². The van der Waals surface area contributed by atoms with Crippen molar-refractivity contribution in [3.05, 3.63) is 11.6 Å². The Kier molecular flexibility index (Phi) is 6.56. The van der Waals surface area contributed by atoms with Crippen molar-refractivity contribution in [3.8, 4) is 0 Å². The smallest absolute Gasteiger partial charge is 0.317 e. The molecule has 0 aromatic heterocycles. The van der Waals surface area contributed by atoms with Crippen LogP contribution in [0.5, 0.6) is 0 Å². The van der Waals surface area contributed by atoms with E-state index in [2.05, 4.69) is 11.9 Å². The van der Waals surface area contributed by atoms with Gasteiger partial charge in [0.1, 0.15) is 0 Å². The highest BCUT2D eigenvalue weighted by Gasteiger charge is 2.18. The van der Waals surface area contributed by atoms with Crippen LogP contribution in [0, 0.1) is 5.92 Å². The lowest BCUT2D eigenvalue weighted by atomic mass is 10.2. The molecule has 0 rings (SSSR count). The van der Waals surface area contributed by atoms with E-state index in [0.29, 0.717) is 11.6 Å². The molecule has 0 heterocycles. The molecular formula is C10H17ClN2O3. The van der Waals surface area contributed by atoms with Crippen LogP contribution >= 0.6 is 11.6 Å². The fourth-order valence-electron chi connectivity index (χ4n) is 1.05. The molecule has 5 nitrogen and oxygen atoms in total. The minimum Gasteiger partial charge on any atom is -0.481 e. The second kappa shape index (κ2) is 7.11. The van der Waals surface area contributed by atoms with E-state index in [-0.39, 0.29) is 19.1 Å². The topological polar surface area (TPSA) is 69.6 Å². The molecule has 2 amide bonds. The van der Waals surface area contributed by atoms with E-state index in [9.17, 15) is 9.59 Å². The number of nitrogens with one attached hydrogen (secondary N) is 1. The number of carboxylic acids is 1. The van der Waals surface area contributed by atoms with Gasteiger partial charge in [-0.1, -0.05) is 25.1 Å². The second-order valence-electron chi connectivity index (χ2n) is 3.45. The molecule has 92 valence electrons. The maximum Gasteiger partial charge on any atom is 0.317 e. The van der Waals surface area contributed by atoms with Gasteiger partial charge in [0.15, 0.2) is 0 Å². The number of carboxylic acid groups (broad SMARTS) is 1. The molecule has 0 aromatic carbocycles. The third-order valence-corrected chi connectivity index (χ3v) is 2.15. The average molecular weight is 249 g/mol. The molecule has 2 N–H and O–H groups in total. The lowest BCUT2D eigenvalue weighted by Crippen LogP contribution is -2.43. The molecule has 0 aromatic rings. The highest BCUT2D eigenvalue weighted by atomic mass is 35.5. The number of rotatable bonds is 6. The van der Waals surface area contributed by atoms with Gasteiger partial charge < -0.3 is 15.3 Å². The molecule has 0 aliphatic rings. The van der Waals surface area contributed by atoms with Gasteiger partial charge >= 0.3 is 12.0 Å². The fourth-order valence-corrected chi connectivity index (χ4v) is 1.11. The van der Waals surface area contributed by atoms with E-state index in [1.54, 1.807) is 13.8 Å². The number of amides is 2. The highest BCUT2D eigenvalue weighted by Crippen LogP contribution is 2.01. The van der Waals surface area contributed by atoms with Crippen molar-refractivity contribution in [2.24, 2.45) is 5.92 Å². The minimum atomic E-state index is -0.923. The van der Waals surface area contributed by atoms with Crippen LogP contribution in [0.4, 0.5) is 4.79 Å². The lowest BCUT2D eigenvalue weighted by Gasteiger charge is -2.23. The molecule has 6 heteroatoms. The zero-order chi connectivity index (χ0) is 12.7. The van der Waals surface area contributed by atoms with Gasteiger partial charge in [-0.2, -0.15) is 0 Å². The molecule has 0 aliphatic heterocycles. The SMILES string of the molecule is C=C(Cl)CNC(=O)N(CC)CC(C)C(=O)O. The van der Waals surface area contributed by atoms with Crippen LogP contribution in [-0.4, -0.2) is 41.6 Å². The van der Waals surface area contributed by atoms with Crippen molar-refractivity contribution in [1.82, 2.24) is 10.2 Å². The molecule has 16 heavy (non-hydrogen) atoms. The molecular weight excluding hydrogens is 232 g/mol. The predicted molar refractivity (Wildman–Crippen MR) is 62.4 cm³/mol. The number of carbonyl (C=O) groups is 2. The van der Waals surface area contributed by atoms with Crippen molar-refractivity contribution >= 4 is 23.6 Å². The predicted octanol–water partition coefficient (Wildman–Crippen LogP) is 1.49. The number of halogens is 1. The summed E-state index contributed by atoms with van der Waals surface area (Å²) in [6.07, 6.45) is 0. The standard InChI is InChI=1S/C10H17ClN2O3/c1-4-13(6-7(2)9(14)15)10(16)12-5-8(3)11/h7H,3-6H2,1-2H3,(H,12,16)(H,14,15). The van der Waals surface area contributed by atoms with Crippen LogP contribution in [0.25, 0.3) is 0 Å². The first-order valence-corrected chi connectivity index (χ1v) is 5.35. The van der Waals surface area contributed by atoms with Crippen molar-refractivity contribution in [1.29, 1.82) is 0 Å². The summed E-state index contributed by atoms with van der Waals surface area (Å²) in [5.74, 6) is -1.52. The van der Waals surface area contributed by atoms with Crippen molar-refractivity contribution in [2.75, 3.05) is 19.6 Å². The van der Waals surface area contributed by atoms with Crippen LogP contribution in [0.3, 0.4) is 0 Å². The van der Waals surface area contributed by atoms with Crippen LogP contribution in [-0.2, 0) is 4.79 Å². The van der Waals surface area contributed by atoms with Gasteiger partial charge in [-0.05, 0) is 6.92 Å². The highest BCUT2D eigenvalue weighted by molar-refractivity contribution is 6.29. The van der Waals surface area contributed by atoms with E-state index >= 15 is 0 Å². The maximum absolute atomic E-state index is 11.6. The summed E-state index contributed by atoms with van der Waals surface area (Å²) in [6.45, 7) is 7.57. The Morgan fingerprint density at radius 1 is 1.56 bits per heavy atom. The molecule has 0 bridgehead atoms. The van der Waals surface area contributed by atoms with Crippen molar-refractivity contribution in [2.45, 2.75) is 13.8 Å². The summed E-state index contributed by atoms with van der Waals surface area (Å²) in [6, 6.07) is -0.336. The molecule has 0 aliphatic carbocycles. The van der Waals surface area contributed by atoms with E-state index in [1.165, 1.54) is 4.90 Å². The first-order chi connectivity index (χ1) is 7.38. The molecule has 0 radical (unpaired) electrons. The Hall–Kier alpha value is -1.23. The Bertz CT molecular complexity index is 281. The minimum absolute atomic E-state index is 0.173. The van der Waals surface area contributed by atoms with Crippen LogP contribution in [0.15, 0.2) is 11.6 Å². The molecule has 0 saturated heterocycles. The summed E-state index contributed by atoms with van der Waals surface area (Å²) >= 11 is 5.50. The first kappa shape index (κ1) is 14.8. The van der Waals surface area contributed by atoms with E-state index in [0.717, 1.165) is 0 Å². The molecule has 0 fully saturated rings. The zero-order valence-corrected chi connectivity index (χ0v) is 10.3. The molecule has 0 saturated carbocycles. The van der Waals surface area contributed by atoms with Gasteiger partial charge in [-0.25, -0.2) is 4.79 Å². The molecule has 0 spiro atoms. The number of carbonyl (C=O) groups excluding carboxylic acids is 1. The zero-order valence-electron chi connectivity index (χ0n) is 9.49. The second-order valence-corrected chi connectivity index (χ2v) is 3.99. The summed E-state index contributed by atoms with van der Waals surface area (Å²) < 4.78 is 0. The van der Waals surface area contributed by atoms with Gasteiger partial charge in [0.05, 0.1) is 12.5 Å². The third kappa shape index (κ3) is 5.60. The normalized spacial score (nSPS) is 11.7. The Labute approximate surface area is 100 Å². The number of aliphatic carboxylic acids is 1. The van der Waals surface area contributed by atoms with E-state index in [1.807, 2.05) is 0 Å². The molecule has 1 atom stereocenters. The Morgan fingerprint density at radius 2 is 2.12 bits per heavy atom. The largest absolute Gasteiger partial charge is 0.481 e.